The molecule has 0 radical (unpaired) electrons. The van der Waals surface area contributed by atoms with Crippen LogP contribution in [0.1, 0.15) is 54.7 Å². The number of hydrogen-bond donors (Lipinski definition) is 1. The molecule has 18 heavy (non-hydrogen) atoms. The van der Waals surface area contributed by atoms with Gasteiger partial charge in [-0.25, -0.2) is 4.98 Å². The van der Waals surface area contributed by atoms with E-state index in [0.29, 0.717) is 18.1 Å². The average molecular weight is 267 g/mol. The number of aryl methyl sites for hydroxylation is 2. The van der Waals surface area contributed by atoms with Crippen LogP contribution in [0, 0.1) is 13.8 Å². The van der Waals surface area contributed by atoms with Crippen molar-refractivity contribution < 1.29 is 0 Å². The summed E-state index contributed by atoms with van der Waals surface area (Å²) in [6, 6.07) is 1.61. The minimum atomic E-state index is 0.444. The minimum Gasteiger partial charge on any atom is -0.329 e. The Hall–Kier alpha value is -0.450. The van der Waals surface area contributed by atoms with Crippen LogP contribution in [-0.2, 0) is 0 Å². The molecular formula is C14H25N3S. The van der Waals surface area contributed by atoms with E-state index >= 15 is 0 Å². The van der Waals surface area contributed by atoms with Crippen molar-refractivity contribution in [2.45, 2.75) is 65.1 Å². The van der Waals surface area contributed by atoms with Gasteiger partial charge in [0.05, 0.1) is 10.7 Å². The van der Waals surface area contributed by atoms with Gasteiger partial charge in [-0.2, -0.15) is 0 Å². The quantitative estimate of drug-likeness (QED) is 0.915. The van der Waals surface area contributed by atoms with Gasteiger partial charge < -0.3 is 5.73 Å². The van der Waals surface area contributed by atoms with Crippen molar-refractivity contribution in [2.75, 3.05) is 6.54 Å². The molecule has 1 aromatic rings. The summed E-state index contributed by atoms with van der Waals surface area (Å²) >= 11 is 1.84. The molecule has 4 heteroatoms. The fourth-order valence-electron chi connectivity index (χ4n) is 3.31. The first-order valence-corrected chi connectivity index (χ1v) is 7.77. The van der Waals surface area contributed by atoms with Crippen molar-refractivity contribution in [3.8, 4) is 0 Å². The maximum absolute atomic E-state index is 5.96. The Morgan fingerprint density at radius 2 is 2.17 bits per heavy atom. The van der Waals surface area contributed by atoms with Gasteiger partial charge in [-0.15, -0.1) is 11.3 Å². The Balaban J connectivity index is 2.24. The lowest BCUT2D eigenvalue weighted by Crippen LogP contribution is -2.49. The van der Waals surface area contributed by atoms with Gasteiger partial charge in [0.25, 0.3) is 0 Å². The number of thiazole rings is 1. The molecule has 3 atom stereocenters. The standard InChI is InChI=1S/C14H25N3S/c1-9-6-5-7-13(8-15)17(9)11(3)14-10(2)16-12(4)18-14/h9,11,13H,5-8,15H2,1-4H3. The first-order chi connectivity index (χ1) is 8.54. The van der Waals surface area contributed by atoms with Crippen molar-refractivity contribution >= 4 is 11.3 Å². The number of likely N-dealkylation sites (tertiary alicyclic amines) is 1. The van der Waals surface area contributed by atoms with E-state index in [2.05, 4.69) is 37.6 Å². The zero-order valence-electron chi connectivity index (χ0n) is 11.9. The molecule has 1 saturated heterocycles. The van der Waals surface area contributed by atoms with E-state index in [1.54, 1.807) is 0 Å². The van der Waals surface area contributed by atoms with Crippen LogP contribution in [-0.4, -0.2) is 28.5 Å². The van der Waals surface area contributed by atoms with Gasteiger partial charge in [-0.3, -0.25) is 4.90 Å². The average Bonchev–Trinajstić information content (AvgIpc) is 2.67. The van der Waals surface area contributed by atoms with Gasteiger partial charge in [-0.1, -0.05) is 6.42 Å². The highest BCUT2D eigenvalue weighted by molar-refractivity contribution is 7.11. The van der Waals surface area contributed by atoms with Gasteiger partial charge in [0.2, 0.25) is 0 Å². The molecule has 1 fully saturated rings. The summed E-state index contributed by atoms with van der Waals surface area (Å²) in [6.45, 7) is 9.63. The molecule has 0 bridgehead atoms. The molecule has 102 valence electrons. The minimum absolute atomic E-state index is 0.444. The number of aromatic nitrogens is 1. The second-order valence-electron chi connectivity index (χ2n) is 5.48. The fraction of sp³-hybridized carbons (Fsp3) is 0.786. The van der Waals surface area contributed by atoms with E-state index in [4.69, 9.17) is 5.73 Å². The summed E-state index contributed by atoms with van der Waals surface area (Å²) in [5.41, 5.74) is 7.15. The Morgan fingerprint density at radius 3 is 2.72 bits per heavy atom. The van der Waals surface area contributed by atoms with Crippen LogP contribution in [0.3, 0.4) is 0 Å². The maximum atomic E-state index is 5.96. The number of nitrogens with zero attached hydrogens (tertiary/aromatic N) is 2. The van der Waals surface area contributed by atoms with E-state index in [-0.39, 0.29) is 0 Å². The lowest BCUT2D eigenvalue weighted by molar-refractivity contribution is 0.0581. The van der Waals surface area contributed by atoms with E-state index in [9.17, 15) is 0 Å². The lowest BCUT2D eigenvalue weighted by Gasteiger charge is -2.44. The Morgan fingerprint density at radius 1 is 1.44 bits per heavy atom. The zero-order chi connectivity index (χ0) is 13.3. The summed E-state index contributed by atoms with van der Waals surface area (Å²) in [4.78, 5) is 8.59. The van der Waals surface area contributed by atoms with Gasteiger partial charge in [0, 0.05) is 29.5 Å². The third-order valence-corrected chi connectivity index (χ3v) is 5.37. The van der Waals surface area contributed by atoms with Crippen molar-refractivity contribution in [3.63, 3.8) is 0 Å². The van der Waals surface area contributed by atoms with E-state index in [0.717, 1.165) is 6.54 Å². The molecule has 0 amide bonds. The molecule has 3 unspecified atom stereocenters. The molecule has 1 aliphatic heterocycles. The van der Waals surface area contributed by atoms with E-state index in [1.807, 2.05) is 11.3 Å². The summed E-state index contributed by atoms with van der Waals surface area (Å²) in [5.74, 6) is 0. The topological polar surface area (TPSA) is 42.2 Å². The molecule has 0 saturated carbocycles. The lowest BCUT2D eigenvalue weighted by atomic mass is 9.94. The van der Waals surface area contributed by atoms with Gasteiger partial charge in [-0.05, 0) is 40.5 Å². The Bertz CT molecular complexity index is 402. The molecular weight excluding hydrogens is 242 g/mol. The normalized spacial score (nSPS) is 27.4. The maximum Gasteiger partial charge on any atom is 0.0900 e. The Kier molecular flexibility index (Phi) is 4.41. The summed E-state index contributed by atoms with van der Waals surface area (Å²) in [6.07, 6.45) is 3.84. The van der Waals surface area contributed by atoms with E-state index < -0.39 is 0 Å². The fourth-order valence-corrected chi connectivity index (χ4v) is 4.30. The monoisotopic (exact) mass is 267 g/mol. The third kappa shape index (κ3) is 2.60. The second kappa shape index (κ2) is 5.68. The number of piperidine rings is 1. The van der Waals surface area contributed by atoms with Crippen molar-refractivity contribution in [2.24, 2.45) is 5.73 Å². The van der Waals surface area contributed by atoms with Crippen LogP contribution in [0.2, 0.25) is 0 Å². The smallest absolute Gasteiger partial charge is 0.0900 e. The zero-order valence-corrected chi connectivity index (χ0v) is 12.8. The molecule has 2 N–H and O–H groups in total. The van der Waals surface area contributed by atoms with Crippen LogP contribution in [0.15, 0.2) is 0 Å². The van der Waals surface area contributed by atoms with Crippen LogP contribution in [0.25, 0.3) is 0 Å². The predicted octanol–water partition coefficient (Wildman–Crippen LogP) is 3.02. The van der Waals surface area contributed by atoms with Crippen molar-refractivity contribution in [3.05, 3.63) is 15.6 Å². The Labute approximate surface area is 114 Å². The third-order valence-electron chi connectivity index (χ3n) is 4.13. The second-order valence-corrected chi connectivity index (χ2v) is 6.71. The first-order valence-electron chi connectivity index (χ1n) is 6.96. The summed E-state index contributed by atoms with van der Waals surface area (Å²) in [7, 11) is 0. The summed E-state index contributed by atoms with van der Waals surface area (Å²) < 4.78 is 0. The molecule has 0 aliphatic carbocycles. The van der Waals surface area contributed by atoms with Crippen LogP contribution in [0.5, 0.6) is 0 Å². The number of rotatable bonds is 3. The van der Waals surface area contributed by atoms with Crippen molar-refractivity contribution in [1.82, 2.24) is 9.88 Å². The first kappa shape index (κ1) is 14.0. The molecule has 0 aromatic carbocycles. The van der Waals surface area contributed by atoms with Gasteiger partial charge >= 0.3 is 0 Å². The summed E-state index contributed by atoms with van der Waals surface area (Å²) in [5, 5.41) is 1.17. The van der Waals surface area contributed by atoms with Crippen molar-refractivity contribution in [1.29, 1.82) is 0 Å². The molecule has 1 aliphatic rings. The van der Waals surface area contributed by atoms with E-state index in [1.165, 1.54) is 34.8 Å². The number of hydrogen-bond acceptors (Lipinski definition) is 4. The van der Waals surface area contributed by atoms with Gasteiger partial charge in [0.1, 0.15) is 0 Å². The SMILES string of the molecule is Cc1nc(C)c(C(C)N2C(C)CCCC2CN)s1. The van der Waals surface area contributed by atoms with Gasteiger partial charge in [0.15, 0.2) is 0 Å². The largest absolute Gasteiger partial charge is 0.329 e. The van der Waals surface area contributed by atoms with Crippen LogP contribution in [0.4, 0.5) is 0 Å². The molecule has 2 rings (SSSR count). The molecule has 2 heterocycles. The molecule has 1 aromatic heterocycles. The molecule has 0 spiro atoms. The molecule has 3 nitrogen and oxygen atoms in total. The number of nitrogens with two attached hydrogens (primary N) is 1. The van der Waals surface area contributed by atoms with Crippen LogP contribution >= 0.6 is 11.3 Å². The highest BCUT2D eigenvalue weighted by Crippen LogP contribution is 2.35. The van der Waals surface area contributed by atoms with Crippen LogP contribution < -0.4 is 5.73 Å². The predicted molar refractivity (Wildman–Crippen MR) is 78.0 cm³/mol. The highest BCUT2D eigenvalue weighted by atomic mass is 32.1. The highest BCUT2D eigenvalue weighted by Gasteiger charge is 2.32.